The standard InChI is InChI=1S/C25H22F4N4O5S/c26-16-7-5-15(6-8-16)21(25(27,28)29)31-18(22(35)32-24(14-30)9-10-24)13-39(37,38)12-11-33-19-4-2-1-3-17(19)20(34)23(33)36/h1-8,18,21,31H,9-13H2,(H,32,35)/t18?,21-/m1/s1. The highest BCUT2D eigenvalue weighted by Crippen LogP contribution is 2.36. The molecule has 0 saturated heterocycles. The van der Waals surface area contributed by atoms with E-state index in [9.17, 15) is 45.6 Å². The molecule has 2 aromatic rings. The third-order valence-electron chi connectivity index (χ3n) is 6.47. The molecule has 1 aliphatic carbocycles. The lowest BCUT2D eigenvalue weighted by Crippen LogP contribution is -2.54. The Bertz CT molecular complexity index is 1450. The molecule has 2 atom stereocenters. The minimum absolute atomic E-state index is 0.0948. The summed E-state index contributed by atoms with van der Waals surface area (Å²) in [5.41, 5.74) is -1.46. The van der Waals surface area contributed by atoms with Crippen LogP contribution < -0.4 is 15.5 Å². The number of hydrogen-bond acceptors (Lipinski definition) is 7. The predicted octanol–water partition coefficient (Wildman–Crippen LogP) is 2.20. The Balaban J connectivity index is 1.56. The fourth-order valence-electron chi connectivity index (χ4n) is 4.19. The Hall–Kier alpha value is -3.83. The summed E-state index contributed by atoms with van der Waals surface area (Å²) in [6.45, 7) is -0.471. The van der Waals surface area contributed by atoms with Crippen molar-refractivity contribution in [1.82, 2.24) is 10.6 Å². The average molecular weight is 567 g/mol. The zero-order valence-corrected chi connectivity index (χ0v) is 21.0. The van der Waals surface area contributed by atoms with Crippen molar-refractivity contribution in [2.75, 3.05) is 23.0 Å². The number of anilines is 1. The first kappa shape index (κ1) is 28.2. The second-order valence-corrected chi connectivity index (χ2v) is 11.6. The van der Waals surface area contributed by atoms with Crippen molar-refractivity contribution in [2.24, 2.45) is 0 Å². The van der Waals surface area contributed by atoms with Crippen LogP contribution in [0, 0.1) is 17.1 Å². The maximum Gasteiger partial charge on any atom is 0.407 e. The van der Waals surface area contributed by atoms with Crippen molar-refractivity contribution in [1.29, 1.82) is 5.26 Å². The number of nitriles is 1. The van der Waals surface area contributed by atoms with E-state index in [1.165, 1.54) is 18.2 Å². The summed E-state index contributed by atoms with van der Waals surface area (Å²) in [5.74, 6) is -5.56. The van der Waals surface area contributed by atoms with Gasteiger partial charge in [-0.25, -0.2) is 12.8 Å². The van der Waals surface area contributed by atoms with Crippen LogP contribution in [0.2, 0.25) is 0 Å². The van der Waals surface area contributed by atoms with E-state index in [2.05, 4.69) is 5.32 Å². The molecule has 2 amide bonds. The Kier molecular flexibility index (Phi) is 7.50. The zero-order valence-electron chi connectivity index (χ0n) is 20.2. The van der Waals surface area contributed by atoms with Gasteiger partial charge in [-0.3, -0.25) is 19.7 Å². The van der Waals surface area contributed by atoms with Crippen molar-refractivity contribution in [3.63, 3.8) is 0 Å². The molecule has 14 heteroatoms. The normalized spacial score (nSPS) is 17.8. The van der Waals surface area contributed by atoms with E-state index in [1.54, 1.807) is 6.07 Å². The molecule has 1 aliphatic heterocycles. The van der Waals surface area contributed by atoms with Crippen LogP contribution in [0.15, 0.2) is 48.5 Å². The molecule has 206 valence electrons. The molecule has 0 spiro atoms. The Morgan fingerprint density at radius 3 is 2.33 bits per heavy atom. The van der Waals surface area contributed by atoms with Gasteiger partial charge in [-0.1, -0.05) is 24.3 Å². The molecule has 2 aromatic carbocycles. The van der Waals surface area contributed by atoms with Gasteiger partial charge in [0.2, 0.25) is 5.91 Å². The number of para-hydroxylation sites is 1. The van der Waals surface area contributed by atoms with Crippen molar-refractivity contribution in [3.8, 4) is 6.07 Å². The molecule has 1 fully saturated rings. The quantitative estimate of drug-likeness (QED) is 0.332. The van der Waals surface area contributed by atoms with Crippen LogP contribution in [0.4, 0.5) is 23.2 Å². The number of nitrogens with one attached hydrogen (secondary N) is 2. The number of Topliss-reactive ketones (excluding diaryl/α,β-unsaturated/α-hetero) is 1. The maximum atomic E-state index is 14.0. The number of benzene rings is 2. The number of amides is 2. The molecule has 1 heterocycles. The molecule has 0 aromatic heterocycles. The van der Waals surface area contributed by atoms with E-state index in [0.717, 1.165) is 29.2 Å². The van der Waals surface area contributed by atoms with Crippen molar-refractivity contribution in [2.45, 2.75) is 36.6 Å². The lowest BCUT2D eigenvalue weighted by atomic mass is 10.0. The summed E-state index contributed by atoms with van der Waals surface area (Å²) in [7, 11) is -4.32. The Morgan fingerprint density at radius 1 is 1.10 bits per heavy atom. The second kappa shape index (κ2) is 10.4. The molecule has 9 nitrogen and oxygen atoms in total. The summed E-state index contributed by atoms with van der Waals surface area (Å²) >= 11 is 0. The van der Waals surface area contributed by atoms with Gasteiger partial charge in [-0.15, -0.1) is 0 Å². The number of carbonyl (C=O) groups excluding carboxylic acids is 3. The maximum absolute atomic E-state index is 14.0. The van der Waals surface area contributed by atoms with E-state index in [1.807, 2.05) is 11.4 Å². The van der Waals surface area contributed by atoms with E-state index >= 15 is 0 Å². The summed E-state index contributed by atoms with van der Waals surface area (Å²) in [4.78, 5) is 38.5. The highest BCUT2D eigenvalue weighted by molar-refractivity contribution is 7.91. The minimum Gasteiger partial charge on any atom is -0.336 e. The highest BCUT2D eigenvalue weighted by atomic mass is 32.2. The van der Waals surface area contributed by atoms with Gasteiger partial charge >= 0.3 is 6.18 Å². The fraction of sp³-hybridized carbons (Fsp3) is 0.360. The highest BCUT2D eigenvalue weighted by Gasteiger charge is 2.48. The van der Waals surface area contributed by atoms with Gasteiger partial charge in [0, 0.05) is 6.54 Å². The average Bonchev–Trinajstić information content (AvgIpc) is 3.61. The van der Waals surface area contributed by atoms with Crippen LogP contribution in [0.1, 0.15) is 34.8 Å². The van der Waals surface area contributed by atoms with Gasteiger partial charge < -0.3 is 10.2 Å². The van der Waals surface area contributed by atoms with Gasteiger partial charge in [0.05, 0.1) is 28.8 Å². The molecule has 1 saturated carbocycles. The first-order chi connectivity index (χ1) is 18.3. The summed E-state index contributed by atoms with van der Waals surface area (Å²) < 4.78 is 81.3. The molecule has 0 radical (unpaired) electrons. The molecular weight excluding hydrogens is 544 g/mol. The number of nitrogens with zero attached hydrogens (tertiary/aromatic N) is 2. The van der Waals surface area contributed by atoms with Crippen LogP contribution in [0.3, 0.4) is 0 Å². The predicted molar refractivity (Wildman–Crippen MR) is 130 cm³/mol. The van der Waals surface area contributed by atoms with Crippen molar-refractivity contribution < 1.29 is 40.4 Å². The lowest BCUT2D eigenvalue weighted by molar-refractivity contribution is -0.160. The largest absolute Gasteiger partial charge is 0.407 e. The second-order valence-electron chi connectivity index (χ2n) is 9.35. The lowest BCUT2D eigenvalue weighted by Gasteiger charge is -2.28. The Morgan fingerprint density at radius 2 is 1.74 bits per heavy atom. The van der Waals surface area contributed by atoms with Crippen molar-refractivity contribution >= 4 is 33.1 Å². The summed E-state index contributed by atoms with van der Waals surface area (Å²) in [5, 5.41) is 13.6. The molecule has 2 aliphatic rings. The van der Waals surface area contributed by atoms with E-state index < -0.39 is 80.7 Å². The van der Waals surface area contributed by atoms with Gasteiger partial charge in [-0.2, -0.15) is 18.4 Å². The van der Waals surface area contributed by atoms with E-state index in [-0.39, 0.29) is 24.1 Å². The van der Waals surface area contributed by atoms with E-state index in [0.29, 0.717) is 0 Å². The number of fused-ring (bicyclic) bond motifs is 1. The molecule has 4 rings (SSSR count). The number of rotatable bonds is 10. The zero-order chi connectivity index (χ0) is 28.6. The topological polar surface area (TPSA) is 136 Å². The number of ketones is 1. The fourth-order valence-corrected chi connectivity index (χ4v) is 5.57. The minimum atomic E-state index is -5.00. The smallest absolute Gasteiger partial charge is 0.336 e. The van der Waals surface area contributed by atoms with Crippen LogP contribution in [-0.2, 0) is 19.4 Å². The van der Waals surface area contributed by atoms with Crippen LogP contribution >= 0.6 is 0 Å². The van der Waals surface area contributed by atoms with Gasteiger partial charge in [-0.05, 0) is 42.7 Å². The van der Waals surface area contributed by atoms with Crippen molar-refractivity contribution in [3.05, 3.63) is 65.5 Å². The van der Waals surface area contributed by atoms with Crippen LogP contribution in [0.25, 0.3) is 0 Å². The molecular formula is C25H22F4N4O5S. The third kappa shape index (κ3) is 6.26. The summed E-state index contributed by atoms with van der Waals surface area (Å²) in [6.07, 6.45) is -4.50. The SMILES string of the molecule is N#CC1(NC(=O)C(CS(=O)(=O)CCN2C(=O)C(=O)c3ccccc32)N[C@H](c2ccc(F)cc2)C(F)(F)F)CC1. The molecule has 2 N–H and O–H groups in total. The molecule has 0 bridgehead atoms. The third-order valence-corrected chi connectivity index (χ3v) is 8.11. The first-order valence-electron chi connectivity index (χ1n) is 11.7. The Labute approximate surface area is 220 Å². The van der Waals surface area contributed by atoms with E-state index in [4.69, 9.17) is 0 Å². The summed E-state index contributed by atoms with van der Waals surface area (Å²) in [6, 6.07) is 6.60. The van der Waals surface area contributed by atoms with Crippen LogP contribution in [0.5, 0.6) is 0 Å². The van der Waals surface area contributed by atoms with Gasteiger partial charge in [0.1, 0.15) is 23.4 Å². The number of sulfone groups is 1. The first-order valence-corrected chi connectivity index (χ1v) is 13.5. The number of hydrogen-bond donors (Lipinski definition) is 2. The molecule has 1 unspecified atom stereocenters. The monoisotopic (exact) mass is 566 g/mol. The molecule has 39 heavy (non-hydrogen) atoms. The number of halogens is 4. The van der Waals surface area contributed by atoms with Crippen LogP contribution in [-0.4, -0.2) is 61.8 Å². The number of carbonyl (C=O) groups is 3. The van der Waals surface area contributed by atoms with Gasteiger partial charge in [0.25, 0.3) is 11.7 Å². The number of alkyl halides is 3. The van der Waals surface area contributed by atoms with Gasteiger partial charge in [0.15, 0.2) is 9.84 Å².